The van der Waals surface area contributed by atoms with Gasteiger partial charge in [-0.15, -0.1) is 0 Å². The summed E-state index contributed by atoms with van der Waals surface area (Å²) in [4.78, 5) is 35.1. The van der Waals surface area contributed by atoms with E-state index in [2.05, 4.69) is 22.7 Å². The van der Waals surface area contributed by atoms with Gasteiger partial charge in [0.05, 0.1) is 12.5 Å². The van der Waals surface area contributed by atoms with Crippen LogP contribution in [0.3, 0.4) is 0 Å². The molecule has 1 aromatic carbocycles. The predicted octanol–water partition coefficient (Wildman–Crippen LogP) is 2.23. The molecule has 0 saturated heterocycles. The van der Waals surface area contributed by atoms with E-state index in [-0.39, 0.29) is 30.3 Å². The second-order valence-corrected chi connectivity index (χ2v) is 5.84. The number of carbonyl (C=O) groups excluding carboxylic acids is 3. The van der Waals surface area contributed by atoms with E-state index < -0.39 is 5.92 Å². The van der Waals surface area contributed by atoms with Gasteiger partial charge in [-0.2, -0.15) is 0 Å². The lowest BCUT2D eigenvalue weighted by Gasteiger charge is -2.22. The minimum Gasteiger partial charge on any atom is -0.465 e. The molecule has 0 aromatic heterocycles. The molecule has 7 nitrogen and oxygen atoms in total. The number of amides is 2. The van der Waals surface area contributed by atoms with E-state index in [1.807, 2.05) is 13.8 Å². The summed E-state index contributed by atoms with van der Waals surface area (Å²) < 4.78 is 5.04. The second kappa shape index (κ2) is 9.46. The van der Waals surface area contributed by atoms with E-state index in [0.717, 1.165) is 0 Å². The smallest absolute Gasteiger partial charge is 0.315 e. The van der Waals surface area contributed by atoms with Gasteiger partial charge >= 0.3 is 5.97 Å². The van der Waals surface area contributed by atoms with Crippen LogP contribution in [0.5, 0.6) is 0 Å². The number of carbonyl (C=O) groups is 3. The number of hydrogen-bond acceptors (Lipinski definition) is 5. The van der Waals surface area contributed by atoms with E-state index in [1.165, 1.54) is 6.92 Å². The van der Waals surface area contributed by atoms with Crippen molar-refractivity contribution >= 4 is 23.5 Å². The van der Waals surface area contributed by atoms with Crippen molar-refractivity contribution in [3.05, 3.63) is 42.1 Å². The Hall–Kier alpha value is -2.83. The molecule has 0 aliphatic carbocycles. The molecular weight excluding hydrogens is 322 g/mol. The van der Waals surface area contributed by atoms with Crippen LogP contribution in [0.15, 0.2) is 36.5 Å². The molecule has 2 amide bonds. The van der Waals surface area contributed by atoms with Gasteiger partial charge in [0.25, 0.3) is 5.91 Å². The van der Waals surface area contributed by atoms with E-state index in [4.69, 9.17) is 4.74 Å². The monoisotopic (exact) mass is 347 g/mol. The van der Waals surface area contributed by atoms with E-state index >= 15 is 0 Å². The summed E-state index contributed by atoms with van der Waals surface area (Å²) in [6.07, 6.45) is 0. The predicted molar refractivity (Wildman–Crippen MR) is 95.4 cm³/mol. The molecule has 0 fully saturated rings. The first-order chi connectivity index (χ1) is 11.8. The molecule has 0 aliphatic rings. The molecule has 1 unspecified atom stereocenters. The molecule has 0 saturated carbocycles. The normalized spacial score (nSPS) is 11.4. The summed E-state index contributed by atoms with van der Waals surface area (Å²) in [5.41, 5.74) is 6.55. The third-order valence-corrected chi connectivity index (χ3v) is 3.39. The molecular formula is C18H25N3O4. The van der Waals surface area contributed by atoms with Crippen LogP contribution < -0.4 is 16.2 Å². The first-order valence-electron chi connectivity index (χ1n) is 8.05. The van der Waals surface area contributed by atoms with Gasteiger partial charge in [-0.3, -0.25) is 19.8 Å². The lowest BCUT2D eigenvalue weighted by atomic mass is 9.93. The summed E-state index contributed by atoms with van der Waals surface area (Å²) in [5, 5.41) is 2.62. The topological polar surface area (TPSA) is 96.5 Å². The van der Waals surface area contributed by atoms with Crippen molar-refractivity contribution in [1.82, 2.24) is 10.9 Å². The van der Waals surface area contributed by atoms with Crippen LogP contribution in [-0.2, 0) is 14.3 Å². The Morgan fingerprint density at radius 2 is 1.72 bits per heavy atom. The maximum atomic E-state index is 12.2. The Morgan fingerprint density at radius 3 is 2.20 bits per heavy atom. The number of anilines is 1. The standard InChI is InChI=1S/C18H25N3O4/c1-6-25-18(24)16(11(2)3)12(4)20-21-17(23)14-7-9-15(10-8-14)19-13(5)22/h7-11,16,20H,4,6H2,1-3,5H3,(H,19,22)(H,21,23). The summed E-state index contributed by atoms with van der Waals surface area (Å²) in [6.45, 7) is 11.0. The molecule has 0 bridgehead atoms. The van der Waals surface area contributed by atoms with E-state index in [1.54, 1.807) is 31.2 Å². The molecule has 7 heteroatoms. The van der Waals surface area contributed by atoms with Crippen LogP contribution in [0.4, 0.5) is 5.69 Å². The quantitative estimate of drug-likeness (QED) is 0.495. The van der Waals surface area contributed by atoms with Gasteiger partial charge in [0.1, 0.15) is 0 Å². The molecule has 0 radical (unpaired) electrons. The number of rotatable bonds is 8. The highest BCUT2D eigenvalue weighted by Crippen LogP contribution is 2.19. The Labute approximate surface area is 147 Å². The van der Waals surface area contributed by atoms with Gasteiger partial charge in [-0.25, -0.2) is 0 Å². The van der Waals surface area contributed by atoms with Crippen LogP contribution in [0.1, 0.15) is 38.1 Å². The average Bonchev–Trinajstić information content (AvgIpc) is 2.52. The molecule has 0 aliphatic heterocycles. The highest BCUT2D eigenvalue weighted by molar-refractivity contribution is 5.95. The van der Waals surface area contributed by atoms with Gasteiger partial charge in [-0.1, -0.05) is 20.4 Å². The molecule has 25 heavy (non-hydrogen) atoms. The number of nitrogens with one attached hydrogen (secondary N) is 3. The van der Waals surface area contributed by atoms with Gasteiger partial charge in [0.15, 0.2) is 0 Å². The summed E-state index contributed by atoms with van der Waals surface area (Å²) in [5.74, 6) is -1.56. The number of esters is 1. The van der Waals surface area contributed by atoms with Crippen LogP contribution >= 0.6 is 0 Å². The Bertz CT molecular complexity index is 638. The first-order valence-corrected chi connectivity index (χ1v) is 8.05. The lowest BCUT2D eigenvalue weighted by Crippen LogP contribution is -2.41. The maximum Gasteiger partial charge on any atom is 0.315 e. The lowest BCUT2D eigenvalue weighted by molar-refractivity contribution is -0.148. The molecule has 0 spiro atoms. The highest BCUT2D eigenvalue weighted by Gasteiger charge is 2.27. The van der Waals surface area contributed by atoms with Gasteiger partial charge in [0, 0.05) is 23.9 Å². The number of ether oxygens (including phenoxy) is 1. The molecule has 1 atom stereocenters. The fourth-order valence-corrected chi connectivity index (χ4v) is 2.24. The Balaban J connectivity index is 2.66. The summed E-state index contributed by atoms with van der Waals surface area (Å²) in [6, 6.07) is 6.41. The summed E-state index contributed by atoms with van der Waals surface area (Å²) >= 11 is 0. The molecule has 1 rings (SSSR count). The maximum absolute atomic E-state index is 12.2. The third-order valence-electron chi connectivity index (χ3n) is 3.39. The van der Waals surface area contributed by atoms with Crippen molar-refractivity contribution in [1.29, 1.82) is 0 Å². The van der Waals surface area contributed by atoms with Gasteiger partial charge < -0.3 is 15.5 Å². The van der Waals surface area contributed by atoms with Crippen LogP contribution in [0, 0.1) is 11.8 Å². The highest BCUT2D eigenvalue weighted by atomic mass is 16.5. The zero-order chi connectivity index (χ0) is 19.0. The molecule has 136 valence electrons. The van der Waals surface area contributed by atoms with Crippen LogP contribution in [0.25, 0.3) is 0 Å². The second-order valence-electron chi connectivity index (χ2n) is 5.84. The van der Waals surface area contributed by atoms with Crippen molar-refractivity contribution in [3.8, 4) is 0 Å². The zero-order valence-electron chi connectivity index (χ0n) is 15.0. The molecule has 1 aromatic rings. The van der Waals surface area contributed by atoms with Crippen LogP contribution in [0.2, 0.25) is 0 Å². The Kier molecular flexibility index (Phi) is 7.65. The van der Waals surface area contributed by atoms with Gasteiger partial charge in [-0.05, 0) is 37.1 Å². The number of benzene rings is 1. The van der Waals surface area contributed by atoms with Gasteiger partial charge in [0.2, 0.25) is 5.91 Å². The largest absolute Gasteiger partial charge is 0.465 e. The minimum absolute atomic E-state index is 0.0344. The van der Waals surface area contributed by atoms with E-state index in [0.29, 0.717) is 16.9 Å². The fourth-order valence-electron chi connectivity index (χ4n) is 2.24. The molecule has 3 N–H and O–H groups in total. The SMILES string of the molecule is C=C(NNC(=O)c1ccc(NC(C)=O)cc1)C(C(=O)OCC)C(C)C. The van der Waals surface area contributed by atoms with Crippen LogP contribution in [-0.4, -0.2) is 24.4 Å². The Morgan fingerprint density at radius 1 is 1.12 bits per heavy atom. The number of hydrogen-bond donors (Lipinski definition) is 3. The van der Waals surface area contributed by atoms with Crippen molar-refractivity contribution < 1.29 is 19.1 Å². The number of hydrazine groups is 1. The fraction of sp³-hybridized carbons (Fsp3) is 0.389. The van der Waals surface area contributed by atoms with Crippen molar-refractivity contribution in [2.75, 3.05) is 11.9 Å². The first kappa shape index (κ1) is 20.2. The van der Waals surface area contributed by atoms with Crippen molar-refractivity contribution in [2.24, 2.45) is 11.8 Å². The van der Waals surface area contributed by atoms with Crippen molar-refractivity contribution in [2.45, 2.75) is 27.7 Å². The third kappa shape index (κ3) is 6.29. The average molecular weight is 347 g/mol. The minimum atomic E-state index is -0.567. The molecule has 0 heterocycles. The zero-order valence-corrected chi connectivity index (χ0v) is 15.0. The van der Waals surface area contributed by atoms with Crippen molar-refractivity contribution in [3.63, 3.8) is 0 Å². The summed E-state index contributed by atoms with van der Waals surface area (Å²) in [7, 11) is 0. The van der Waals surface area contributed by atoms with E-state index in [9.17, 15) is 14.4 Å².